The second-order valence-electron chi connectivity index (χ2n) is 11.6. The molecule has 0 fully saturated rings. The van der Waals surface area contributed by atoms with Crippen molar-refractivity contribution < 1.29 is 54.0 Å². The van der Waals surface area contributed by atoms with Crippen molar-refractivity contribution in [1.82, 2.24) is 26.6 Å². The molecule has 0 radical (unpaired) electrons. The lowest BCUT2D eigenvalue weighted by Gasteiger charge is -2.27. The Morgan fingerprint density at radius 1 is 0.630 bits per heavy atom. The molecule has 6 atom stereocenters. The van der Waals surface area contributed by atoms with Crippen molar-refractivity contribution in [1.29, 1.82) is 0 Å². The highest BCUT2D eigenvalue weighted by Gasteiger charge is 2.33. The first-order valence-electron chi connectivity index (χ1n) is 15.1. The van der Waals surface area contributed by atoms with Gasteiger partial charge in [-0.15, -0.1) is 0 Å². The number of hydrogen-bond donors (Lipinski definition) is 11. The molecule has 0 aromatic heterocycles. The molecule has 0 aromatic rings. The van der Waals surface area contributed by atoms with E-state index in [1.165, 1.54) is 0 Å². The molecule has 0 rings (SSSR count). The lowest BCUT2D eigenvalue weighted by Crippen LogP contribution is -2.61. The Kier molecular flexibility index (Phi) is 20.0. The summed E-state index contributed by atoms with van der Waals surface area (Å²) in [6.07, 6.45) is 0.272. The second-order valence-corrected chi connectivity index (χ2v) is 11.6. The summed E-state index contributed by atoms with van der Waals surface area (Å²) in [5.74, 6) is -7.69. The molecule has 0 aromatic carbocycles. The summed E-state index contributed by atoms with van der Waals surface area (Å²) < 4.78 is 0. The van der Waals surface area contributed by atoms with Crippen molar-refractivity contribution in [2.75, 3.05) is 19.8 Å². The maximum absolute atomic E-state index is 13.1. The number of carboxylic acids is 2. The summed E-state index contributed by atoms with van der Waals surface area (Å²) in [7, 11) is 0. The summed E-state index contributed by atoms with van der Waals surface area (Å²) in [6.45, 7) is 5.33. The summed E-state index contributed by atoms with van der Waals surface area (Å²) in [5, 5.41) is 49.4. The number of nitrogens with two attached hydrogens (primary N) is 2. The third-order valence-corrected chi connectivity index (χ3v) is 6.78. The first-order valence-corrected chi connectivity index (χ1v) is 15.1. The van der Waals surface area contributed by atoms with Crippen LogP contribution in [0.4, 0.5) is 0 Å². The minimum Gasteiger partial charge on any atom is -0.481 e. The molecular formula is C28H51N7O11. The van der Waals surface area contributed by atoms with Crippen LogP contribution in [0, 0.1) is 11.8 Å². The molecule has 46 heavy (non-hydrogen) atoms. The van der Waals surface area contributed by atoms with E-state index in [0.29, 0.717) is 25.8 Å². The van der Waals surface area contributed by atoms with Crippen LogP contribution in [0.25, 0.3) is 0 Å². The Bertz CT molecular complexity index is 1040. The van der Waals surface area contributed by atoms with E-state index in [9.17, 15) is 48.9 Å². The highest BCUT2D eigenvalue weighted by Crippen LogP contribution is 2.08. The molecule has 0 aliphatic rings. The summed E-state index contributed by atoms with van der Waals surface area (Å²) in [6, 6.07) is -8.31. The Morgan fingerprint density at radius 3 is 1.52 bits per heavy atom. The van der Waals surface area contributed by atoms with E-state index in [2.05, 4.69) is 26.6 Å². The quantitative estimate of drug-likeness (QED) is 0.0474. The number of aliphatic hydroxyl groups is 2. The second kappa shape index (κ2) is 21.8. The number of carboxylic acid groups (broad SMARTS) is 2. The van der Waals surface area contributed by atoms with Gasteiger partial charge in [0.1, 0.15) is 30.2 Å². The number of carbonyl (C=O) groups is 7. The van der Waals surface area contributed by atoms with E-state index in [4.69, 9.17) is 16.6 Å². The number of aliphatic hydroxyl groups excluding tert-OH is 2. The minimum atomic E-state index is -1.73. The van der Waals surface area contributed by atoms with Crippen LogP contribution in [0.2, 0.25) is 0 Å². The molecule has 0 saturated carbocycles. The first kappa shape index (κ1) is 42.1. The zero-order valence-corrected chi connectivity index (χ0v) is 26.8. The number of rotatable bonds is 23. The van der Waals surface area contributed by atoms with Gasteiger partial charge in [0.15, 0.2) is 0 Å². The molecule has 18 nitrogen and oxygen atoms in total. The topological polar surface area (TPSA) is 313 Å². The van der Waals surface area contributed by atoms with Gasteiger partial charge in [0.2, 0.25) is 29.5 Å². The highest BCUT2D eigenvalue weighted by atomic mass is 16.4. The maximum Gasteiger partial charge on any atom is 0.326 e. The molecule has 0 saturated heterocycles. The number of nitrogens with one attached hydrogen (secondary N) is 5. The Labute approximate surface area is 267 Å². The molecule has 0 bridgehead atoms. The summed E-state index contributed by atoms with van der Waals surface area (Å²) >= 11 is 0. The zero-order chi connectivity index (χ0) is 35.6. The largest absolute Gasteiger partial charge is 0.481 e. The summed E-state index contributed by atoms with van der Waals surface area (Å²) in [4.78, 5) is 87.0. The number of unbranched alkanes of at least 4 members (excludes halogenated alkanes) is 1. The molecule has 6 unspecified atom stereocenters. The molecule has 0 heterocycles. The lowest BCUT2D eigenvalue weighted by atomic mass is 9.99. The van der Waals surface area contributed by atoms with Gasteiger partial charge < -0.3 is 58.5 Å². The molecule has 18 heteroatoms. The number of amides is 5. The Balaban J connectivity index is 5.70. The zero-order valence-electron chi connectivity index (χ0n) is 26.8. The SMILES string of the molecule is CC(C)CC(N)C(=O)NC(C(=O)NC(CCC(=O)O)C(=O)NC(CO)C(=O)NC(CO)C(=O)NC(CCCCN)C(=O)O)C(C)C. The molecule has 13 N–H and O–H groups in total. The normalized spacial score (nSPS) is 15.1. The fourth-order valence-corrected chi connectivity index (χ4v) is 4.16. The van der Waals surface area contributed by atoms with Crippen molar-refractivity contribution >= 4 is 41.5 Å². The highest BCUT2D eigenvalue weighted by molar-refractivity contribution is 5.96. The van der Waals surface area contributed by atoms with E-state index in [-0.39, 0.29) is 12.3 Å². The van der Waals surface area contributed by atoms with E-state index in [1.807, 2.05) is 13.8 Å². The van der Waals surface area contributed by atoms with Gasteiger partial charge in [-0.2, -0.15) is 0 Å². The molecular weight excluding hydrogens is 610 g/mol. The van der Waals surface area contributed by atoms with Crippen molar-refractivity contribution in [2.24, 2.45) is 23.3 Å². The van der Waals surface area contributed by atoms with E-state index in [1.54, 1.807) is 13.8 Å². The van der Waals surface area contributed by atoms with Crippen LogP contribution in [0.3, 0.4) is 0 Å². The van der Waals surface area contributed by atoms with Gasteiger partial charge in [-0.3, -0.25) is 28.8 Å². The summed E-state index contributed by atoms with van der Waals surface area (Å²) in [5.41, 5.74) is 11.3. The number of carbonyl (C=O) groups excluding carboxylic acids is 5. The molecule has 0 aliphatic heterocycles. The Hall–Kier alpha value is -3.87. The average molecular weight is 662 g/mol. The lowest BCUT2D eigenvalue weighted by molar-refractivity contribution is -0.143. The van der Waals surface area contributed by atoms with E-state index in [0.717, 1.165) is 0 Å². The molecule has 0 spiro atoms. The third kappa shape index (κ3) is 15.9. The average Bonchev–Trinajstić information content (AvgIpc) is 2.97. The van der Waals surface area contributed by atoms with Gasteiger partial charge in [-0.05, 0) is 50.5 Å². The number of hydrogen-bond acceptors (Lipinski definition) is 11. The van der Waals surface area contributed by atoms with Crippen LogP contribution >= 0.6 is 0 Å². The molecule has 5 amide bonds. The molecule has 264 valence electrons. The predicted octanol–water partition coefficient (Wildman–Crippen LogP) is -3.50. The Morgan fingerprint density at radius 2 is 1.11 bits per heavy atom. The van der Waals surface area contributed by atoms with E-state index < -0.39 is 110 Å². The predicted molar refractivity (Wildman–Crippen MR) is 164 cm³/mol. The maximum atomic E-state index is 13.1. The van der Waals surface area contributed by atoms with Gasteiger partial charge in [-0.1, -0.05) is 27.7 Å². The van der Waals surface area contributed by atoms with Crippen molar-refractivity contribution in [3.8, 4) is 0 Å². The van der Waals surface area contributed by atoms with Gasteiger partial charge in [0, 0.05) is 6.42 Å². The van der Waals surface area contributed by atoms with Crippen LogP contribution in [-0.2, 0) is 33.6 Å². The van der Waals surface area contributed by atoms with Crippen molar-refractivity contribution in [3.63, 3.8) is 0 Å². The third-order valence-electron chi connectivity index (χ3n) is 6.78. The van der Waals surface area contributed by atoms with Crippen molar-refractivity contribution in [3.05, 3.63) is 0 Å². The fraction of sp³-hybridized carbons (Fsp3) is 0.750. The van der Waals surface area contributed by atoms with Crippen molar-refractivity contribution in [2.45, 2.75) is 102 Å². The van der Waals surface area contributed by atoms with Gasteiger partial charge in [-0.25, -0.2) is 4.79 Å². The van der Waals surface area contributed by atoms with E-state index >= 15 is 0 Å². The van der Waals surface area contributed by atoms with Gasteiger partial charge in [0.05, 0.1) is 19.3 Å². The first-order chi connectivity index (χ1) is 21.5. The van der Waals surface area contributed by atoms with Crippen LogP contribution in [-0.4, -0.2) is 118 Å². The molecule has 0 aliphatic carbocycles. The standard InChI is InChI=1S/C28H51N7O11/c1-14(2)11-16(30)23(40)35-22(15(3)4)27(44)31-17(8-9-21(38)39)24(41)33-20(13-37)26(43)34-19(12-36)25(42)32-18(28(45)46)7-5-6-10-29/h14-20,22,36-37H,5-13,29-30H2,1-4H3,(H,31,44)(H,32,42)(H,33,41)(H,34,43)(H,35,40)(H,38,39)(H,45,46). The fourth-order valence-electron chi connectivity index (χ4n) is 4.16. The van der Waals surface area contributed by atoms with Crippen LogP contribution < -0.4 is 38.1 Å². The number of aliphatic carboxylic acids is 2. The van der Waals surface area contributed by atoms with Gasteiger partial charge >= 0.3 is 11.9 Å². The van der Waals surface area contributed by atoms with Crippen LogP contribution in [0.15, 0.2) is 0 Å². The van der Waals surface area contributed by atoms with Gasteiger partial charge in [0.25, 0.3) is 0 Å². The van der Waals surface area contributed by atoms with Crippen LogP contribution in [0.1, 0.15) is 66.2 Å². The monoisotopic (exact) mass is 661 g/mol. The smallest absolute Gasteiger partial charge is 0.326 e. The van der Waals surface area contributed by atoms with Crippen LogP contribution in [0.5, 0.6) is 0 Å². The minimum absolute atomic E-state index is 0.0369.